The van der Waals surface area contributed by atoms with E-state index in [4.69, 9.17) is 14.0 Å². The fourth-order valence-electron chi connectivity index (χ4n) is 3.16. The van der Waals surface area contributed by atoms with Crippen molar-refractivity contribution < 1.29 is 23.2 Å². The lowest BCUT2D eigenvalue weighted by Gasteiger charge is -2.32. The summed E-state index contributed by atoms with van der Waals surface area (Å²) in [6.45, 7) is 9.87. The van der Waals surface area contributed by atoms with Gasteiger partial charge in [-0.15, -0.1) is 0 Å². The Morgan fingerprint density at radius 2 is 1.71 bits per heavy atom. The summed E-state index contributed by atoms with van der Waals surface area (Å²) < 4.78 is 32.0. The summed E-state index contributed by atoms with van der Waals surface area (Å²) >= 11 is 0. The number of alkyl carbamates (subject to hydrolysis) is 1. The molecule has 5 nitrogen and oxygen atoms in total. The molecule has 2 aromatic rings. The number of ether oxygens (including phenoxy) is 1. The molecule has 0 radical (unpaired) electrons. The van der Waals surface area contributed by atoms with Gasteiger partial charge in [0, 0.05) is 12.1 Å². The Balaban J connectivity index is 1.77. The van der Waals surface area contributed by atoms with Gasteiger partial charge in [-0.1, -0.05) is 48.5 Å². The molecule has 0 atom stereocenters. The highest BCUT2D eigenvalue weighted by molar-refractivity contribution is 6.56. The van der Waals surface area contributed by atoms with Crippen molar-refractivity contribution in [3.8, 4) is 0 Å². The molecule has 164 valence electrons. The van der Waals surface area contributed by atoms with E-state index in [-0.39, 0.29) is 19.0 Å². The number of halogens is 1. The molecule has 0 saturated carbocycles. The average molecular weight is 425 g/mol. The molecule has 7 heteroatoms. The van der Waals surface area contributed by atoms with E-state index in [9.17, 15) is 9.18 Å². The average Bonchev–Trinajstić information content (AvgIpc) is 2.93. The van der Waals surface area contributed by atoms with E-state index in [2.05, 4.69) is 5.32 Å². The molecule has 1 aliphatic heterocycles. The number of hydrogen-bond acceptors (Lipinski definition) is 4. The summed E-state index contributed by atoms with van der Waals surface area (Å²) in [6.07, 6.45) is 1.11. The van der Waals surface area contributed by atoms with Crippen molar-refractivity contribution in [2.45, 2.75) is 52.4 Å². The first-order chi connectivity index (χ1) is 14.6. The minimum absolute atomic E-state index is 0.0955. The lowest BCUT2D eigenvalue weighted by atomic mass is 9.76. The van der Waals surface area contributed by atoms with Gasteiger partial charge in [-0.3, -0.25) is 0 Å². The normalized spacial score (nSPS) is 17.5. The Bertz CT molecular complexity index is 923. The number of amides is 1. The molecule has 1 N–H and O–H groups in total. The van der Waals surface area contributed by atoms with Gasteiger partial charge in [0.1, 0.15) is 12.4 Å². The number of carbonyl (C=O) groups is 1. The van der Waals surface area contributed by atoms with Gasteiger partial charge in [-0.2, -0.15) is 0 Å². The summed E-state index contributed by atoms with van der Waals surface area (Å²) in [5, 5.41) is 2.73. The molecule has 0 aromatic heterocycles. The minimum atomic E-state index is -0.724. The summed E-state index contributed by atoms with van der Waals surface area (Å²) in [6, 6.07) is 14.3. The predicted octanol–water partition coefficient (Wildman–Crippen LogP) is 5.08. The predicted molar refractivity (Wildman–Crippen MR) is 120 cm³/mol. The van der Waals surface area contributed by atoms with Crippen LogP contribution in [0.15, 0.2) is 54.0 Å². The second-order valence-corrected chi connectivity index (χ2v) is 8.69. The topological polar surface area (TPSA) is 56.8 Å². The molecule has 1 fully saturated rings. The van der Waals surface area contributed by atoms with Crippen LogP contribution in [-0.4, -0.2) is 31.0 Å². The molecule has 1 saturated heterocycles. The Morgan fingerprint density at radius 3 is 2.32 bits per heavy atom. The highest BCUT2D eigenvalue weighted by Crippen LogP contribution is 2.39. The largest absolute Gasteiger partial charge is 0.492 e. The fourth-order valence-corrected chi connectivity index (χ4v) is 3.16. The van der Waals surface area contributed by atoms with Crippen LogP contribution in [0.4, 0.5) is 9.18 Å². The van der Waals surface area contributed by atoms with Crippen LogP contribution in [0.3, 0.4) is 0 Å². The van der Waals surface area contributed by atoms with E-state index in [0.29, 0.717) is 11.0 Å². The van der Waals surface area contributed by atoms with Crippen molar-refractivity contribution in [3.63, 3.8) is 0 Å². The molecule has 1 amide bonds. The highest BCUT2D eigenvalue weighted by atomic mass is 19.1. The molecule has 1 heterocycles. The van der Waals surface area contributed by atoms with Gasteiger partial charge in [0.2, 0.25) is 0 Å². The monoisotopic (exact) mass is 425 g/mol. The van der Waals surface area contributed by atoms with Gasteiger partial charge in [0.05, 0.1) is 11.2 Å². The zero-order valence-corrected chi connectivity index (χ0v) is 18.7. The molecule has 3 rings (SSSR count). The zero-order chi connectivity index (χ0) is 22.6. The van der Waals surface area contributed by atoms with Crippen LogP contribution < -0.4 is 5.32 Å². The van der Waals surface area contributed by atoms with E-state index < -0.39 is 24.4 Å². The third-order valence-corrected chi connectivity index (χ3v) is 5.81. The maximum Gasteiger partial charge on any atom is 0.492 e. The van der Waals surface area contributed by atoms with Crippen LogP contribution in [0.1, 0.15) is 44.4 Å². The van der Waals surface area contributed by atoms with Crippen molar-refractivity contribution >= 4 is 19.3 Å². The molecule has 0 unspecified atom stereocenters. The third kappa shape index (κ3) is 5.54. The fraction of sp³-hybridized carbons (Fsp3) is 0.375. The van der Waals surface area contributed by atoms with Crippen LogP contribution in [0.25, 0.3) is 6.08 Å². The Kier molecular flexibility index (Phi) is 6.87. The SMILES string of the molecule is Cc1cccc(F)c1C=C(CNC(=O)OCc1ccccc1)B1OC(C)(C)C(C)(C)O1. The first kappa shape index (κ1) is 23.0. The van der Waals surface area contributed by atoms with Gasteiger partial charge in [-0.25, -0.2) is 9.18 Å². The highest BCUT2D eigenvalue weighted by Gasteiger charge is 2.52. The molecule has 0 aliphatic carbocycles. The molecule has 1 aliphatic rings. The van der Waals surface area contributed by atoms with E-state index >= 15 is 0 Å². The first-order valence-corrected chi connectivity index (χ1v) is 10.3. The van der Waals surface area contributed by atoms with E-state index in [0.717, 1.165) is 11.1 Å². The summed E-state index contributed by atoms with van der Waals surface area (Å²) in [4.78, 5) is 12.3. The quantitative estimate of drug-likeness (QED) is 0.657. The van der Waals surface area contributed by atoms with Crippen molar-refractivity contribution in [2.75, 3.05) is 6.54 Å². The molecular weight excluding hydrogens is 396 g/mol. The summed E-state index contributed by atoms with van der Waals surface area (Å²) in [5.74, 6) is -0.347. The summed E-state index contributed by atoms with van der Waals surface area (Å²) in [5.41, 5.74) is 1.58. The van der Waals surface area contributed by atoms with Crippen LogP contribution in [0.2, 0.25) is 0 Å². The number of carbonyl (C=O) groups excluding carboxylic acids is 1. The van der Waals surface area contributed by atoms with E-state index in [1.807, 2.05) is 71.0 Å². The molecule has 0 bridgehead atoms. The molecular formula is C24H29BFNO4. The van der Waals surface area contributed by atoms with Gasteiger partial charge >= 0.3 is 13.2 Å². The Hall–Kier alpha value is -2.64. The standard InChI is InChI=1S/C24H29BFNO4/c1-17-10-9-13-21(26)20(17)14-19(25-30-23(2,3)24(4,5)31-25)15-27-22(28)29-16-18-11-7-6-8-12-18/h6-14H,15-16H2,1-5H3,(H,27,28). The molecule has 31 heavy (non-hydrogen) atoms. The Labute approximate surface area is 183 Å². The Morgan fingerprint density at radius 1 is 1.06 bits per heavy atom. The minimum Gasteiger partial charge on any atom is -0.445 e. The lowest BCUT2D eigenvalue weighted by Crippen LogP contribution is -2.41. The number of hydrogen-bond donors (Lipinski definition) is 1. The smallest absolute Gasteiger partial charge is 0.445 e. The van der Waals surface area contributed by atoms with Crippen LogP contribution in [0.5, 0.6) is 0 Å². The van der Waals surface area contributed by atoms with Crippen molar-refractivity contribution in [2.24, 2.45) is 0 Å². The lowest BCUT2D eigenvalue weighted by molar-refractivity contribution is 0.00578. The maximum atomic E-state index is 14.5. The van der Waals surface area contributed by atoms with E-state index in [1.165, 1.54) is 6.07 Å². The first-order valence-electron chi connectivity index (χ1n) is 10.3. The summed E-state index contributed by atoms with van der Waals surface area (Å²) in [7, 11) is -0.724. The number of nitrogens with one attached hydrogen (secondary N) is 1. The van der Waals surface area contributed by atoms with E-state index in [1.54, 1.807) is 12.1 Å². The number of aryl methyl sites for hydroxylation is 1. The third-order valence-electron chi connectivity index (χ3n) is 5.81. The second kappa shape index (κ2) is 9.24. The van der Waals surface area contributed by atoms with Gasteiger partial charge < -0.3 is 19.4 Å². The van der Waals surface area contributed by atoms with Crippen LogP contribution in [-0.2, 0) is 20.7 Å². The van der Waals surface area contributed by atoms with Crippen molar-refractivity contribution in [1.29, 1.82) is 0 Å². The maximum absolute atomic E-state index is 14.5. The van der Waals surface area contributed by atoms with Crippen molar-refractivity contribution in [3.05, 3.63) is 76.5 Å². The number of benzene rings is 2. The zero-order valence-electron chi connectivity index (χ0n) is 18.7. The van der Waals surface area contributed by atoms with Gasteiger partial charge in [0.25, 0.3) is 0 Å². The second-order valence-electron chi connectivity index (χ2n) is 8.69. The van der Waals surface area contributed by atoms with Gasteiger partial charge in [0.15, 0.2) is 0 Å². The molecule has 2 aromatic carbocycles. The van der Waals surface area contributed by atoms with Crippen LogP contribution in [0, 0.1) is 12.7 Å². The molecule has 0 spiro atoms. The van der Waals surface area contributed by atoms with Crippen molar-refractivity contribution in [1.82, 2.24) is 5.32 Å². The number of rotatable bonds is 6. The van der Waals surface area contributed by atoms with Crippen LogP contribution >= 0.6 is 0 Å². The van der Waals surface area contributed by atoms with Gasteiger partial charge in [-0.05, 0) is 57.3 Å².